The lowest BCUT2D eigenvalue weighted by molar-refractivity contribution is 1.15. The van der Waals surface area contributed by atoms with Crippen LogP contribution in [-0.2, 0) is 6.42 Å². The smallest absolute Gasteiger partial charge is 0.00889 e. The van der Waals surface area contributed by atoms with Crippen LogP contribution in [0.4, 0.5) is 0 Å². The molecule has 2 aromatic carbocycles. The van der Waals surface area contributed by atoms with Gasteiger partial charge in [0, 0.05) is 0 Å². The van der Waals surface area contributed by atoms with E-state index in [1.165, 1.54) is 27.8 Å². The van der Waals surface area contributed by atoms with E-state index in [0.717, 1.165) is 6.42 Å². The summed E-state index contributed by atoms with van der Waals surface area (Å²) in [5, 5.41) is 0. The van der Waals surface area contributed by atoms with Crippen LogP contribution in [0.2, 0.25) is 0 Å². The first-order valence-corrected chi connectivity index (χ1v) is 6.45. The van der Waals surface area contributed by atoms with Gasteiger partial charge < -0.3 is 0 Å². The highest BCUT2D eigenvalue weighted by molar-refractivity contribution is 5.50. The van der Waals surface area contributed by atoms with Crippen molar-refractivity contribution in [2.24, 2.45) is 0 Å². The van der Waals surface area contributed by atoms with Gasteiger partial charge in [0.15, 0.2) is 0 Å². The number of allylic oxidation sites excluding steroid dienone is 1. The van der Waals surface area contributed by atoms with Crippen LogP contribution in [0.25, 0.3) is 6.08 Å². The van der Waals surface area contributed by atoms with Crippen LogP contribution in [-0.4, -0.2) is 0 Å². The predicted octanol–water partition coefficient (Wildman–Crippen LogP) is 4.87. The maximum absolute atomic E-state index is 2.26. The Kier molecular flexibility index (Phi) is 3.99. The Balaban J connectivity index is 2.14. The molecule has 0 bridgehead atoms. The lowest BCUT2D eigenvalue weighted by atomic mass is 9.97. The molecule has 0 amide bonds. The van der Waals surface area contributed by atoms with Crippen LogP contribution >= 0.6 is 0 Å². The zero-order valence-electron chi connectivity index (χ0n) is 11.4. The number of rotatable bonds is 3. The second-order valence-electron chi connectivity index (χ2n) is 4.89. The lowest BCUT2D eigenvalue weighted by Crippen LogP contribution is -1.93. The van der Waals surface area contributed by atoms with E-state index in [2.05, 4.69) is 69.3 Å². The first kappa shape index (κ1) is 12.6. The molecule has 0 atom stereocenters. The maximum Gasteiger partial charge on any atom is -0.00889 e. The van der Waals surface area contributed by atoms with Gasteiger partial charge in [0.05, 0.1) is 0 Å². The summed E-state index contributed by atoms with van der Waals surface area (Å²) in [6.45, 7) is 6.56. The second-order valence-corrected chi connectivity index (χ2v) is 4.89. The van der Waals surface area contributed by atoms with Crippen LogP contribution in [0.15, 0.2) is 48.5 Å². The van der Waals surface area contributed by atoms with Crippen molar-refractivity contribution in [2.45, 2.75) is 27.2 Å². The second kappa shape index (κ2) is 5.68. The van der Waals surface area contributed by atoms with Gasteiger partial charge in [-0.2, -0.15) is 0 Å². The molecule has 0 fully saturated rings. The monoisotopic (exact) mass is 236 g/mol. The molecule has 0 unspecified atom stereocenters. The summed E-state index contributed by atoms with van der Waals surface area (Å²) < 4.78 is 0. The Labute approximate surface area is 110 Å². The highest BCUT2D eigenvalue weighted by atomic mass is 14.1. The van der Waals surface area contributed by atoms with Crippen molar-refractivity contribution in [1.82, 2.24) is 0 Å². The zero-order valence-corrected chi connectivity index (χ0v) is 11.4. The van der Waals surface area contributed by atoms with Crippen molar-refractivity contribution in [1.29, 1.82) is 0 Å². The normalized spacial score (nSPS) is 11.1. The van der Waals surface area contributed by atoms with Gasteiger partial charge in [-0.15, -0.1) is 0 Å². The minimum atomic E-state index is 1.01. The highest BCUT2D eigenvalue weighted by Crippen LogP contribution is 2.17. The van der Waals surface area contributed by atoms with E-state index in [1.54, 1.807) is 0 Å². The van der Waals surface area contributed by atoms with Crippen molar-refractivity contribution in [2.75, 3.05) is 0 Å². The van der Waals surface area contributed by atoms with Crippen molar-refractivity contribution >= 4 is 6.08 Å². The molecule has 0 N–H and O–H groups in total. The lowest BCUT2D eigenvalue weighted by Gasteiger charge is -2.09. The van der Waals surface area contributed by atoms with E-state index in [-0.39, 0.29) is 0 Å². The molecular weight excluding hydrogens is 216 g/mol. The summed E-state index contributed by atoms with van der Waals surface area (Å²) in [7, 11) is 0. The summed E-state index contributed by atoms with van der Waals surface area (Å²) in [5.41, 5.74) is 6.85. The Bertz CT molecular complexity index is 525. The van der Waals surface area contributed by atoms with E-state index in [0.29, 0.717) is 0 Å². The molecule has 0 nitrogen and oxygen atoms in total. The summed E-state index contributed by atoms with van der Waals surface area (Å²) in [6.07, 6.45) is 5.45. The molecule has 0 aliphatic rings. The Hall–Kier alpha value is -1.82. The van der Waals surface area contributed by atoms with Gasteiger partial charge in [-0.05, 0) is 49.4 Å². The summed E-state index contributed by atoms with van der Waals surface area (Å²) in [6, 6.07) is 15.0. The average molecular weight is 236 g/mol. The molecule has 0 heteroatoms. The number of benzene rings is 2. The van der Waals surface area contributed by atoms with Crippen LogP contribution in [0.1, 0.15) is 27.8 Å². The SMILES string of the molecule is Cc1cc(C)c(CC=Cc2ccccc2)c(C)c1. The van der Waals surface area contributed by atoms with Gasteiger partial charge in [0.25, 0.3) is 0 Å². The zero-order chi connectivity index (χ0) is 13.0. The first-order valence-electron chi connectivity index (χ1n) is 6.45. The van der Waals surface area contributed by atoms with Crippen molar-refractivity contribution in [3.63, 3.8) is 0 Å². The van der Waals surface area contributed by atoms with Crippen LogP contribution in [0.5, 0.6) is 0 Å². The number of hydrogen-bond acceptors (Lipinski definition) is 0. The summed E-state index contributed by atoms with van der Waals surface area (Å²) >= 11 is 0. The van der Waals surface area contributed by atoms with E-state index >= 15 is 0 Å². The first-order chi connectivity index (χ1) is 8.66. The predicted molar refractivity (Wildman–Crippen MR) is 79.8 cm³/mol. The summed E-state index contributed by atoms with van der Waals surface area (Å²) in [5.74, 6) is 0. The topological polar surface area (TPSA) is 0 Å². The Morgan fingerprint density at radius 2 is 1.50 bits per heavy atom. The van der Waals surface area contributed by atoms with E-state index in [1.807, 2.05) is 6.07 Å². The maximum atomic E-state index is 2.26. The Morgan fingerprint density at radius 3 is 2.11 bits per heavy atom. The van der Waals surface area contributed by atoms with E-state index < -0.39 is 0 Å². The van der Waals surface area contributed by atoms with Crippen molar-refractivity contribution < 1.29 is 0 Å². The van der Waals surface area contributed by atoms with Crippen molar-refractivity contribution in [3.05, 3.63) is 76.4 Å². The molecule has 0 heterocycles. The molecule has 0 saturated heterocycles. The molecule has 92 valence electrons. The third-order valence-corrected chi connectivity index (χ3v) is 3.27. The minimum absolute atomic E-state index is 1.01. The molecule has 18 heavy (non-hydrogen) atoms. The molecule has 0 saturated carbocycles. The van der Waals surface area contributed by atoms with Gasteiger partial charge in [0.1, 0.15) is 0 Å². The van der Waals surface area contributed by atoms with Gasteiger partial charge >= 0.3 is 0 Å². The molecule has 0 spiro atoms. The molecule has 0 aliphatic carbocycles. The fraction of sp³-hybridized carbons (Fsp3) is 0.222. The third kappa shape index (κ3) is 3.10. The largest absolute Gasteiger partial charge is 0.0795 e. The molecule has 0 aromatic heterocycles. The van der Waals surface area contributed by atoms with E-state index in [4.69, 9.17) is 0 Å². The van der Waals surface area contributed by atoms with Gasteiger partial charge in [-0.3, -0.25) is 0 Å². The highest BCUT2D eigenvalue weighted by Gasteiger charge is 2.01. The minimum Gasteiger partial charge on any atom is -0.0795 e. The van der Waals surface area contributed by atoms with E-state index in [9.17, 15) is 0 Å². The fourth-order valence-corrected chi connectivity index (χ4v) is 2.41. The molecule has 2 rings (SSSR count). The Morgan fingerprint density at radius 1 is 0.889 bits per heavy atom. The van der Waals surface area contributed by atoms with Crippen molar-refractivity contribution in [3.8, 4) is 0 Å². The number of aryl methyl sites for hydroxylation is 3. The van der Waals surface area contributed by atoms with Gasteiger partial charge in [-0.1, -0.05) is 60.2 Å². The van der Waals surface area contributed by atoms with Crippen LogP contribution in [0.3, 0.4) is 0 Å². The molecular formula is C18H20. The number of hydrogen-bond donors (Lipinski definition) is 0. The summed E-state index contributed by atoms with van der Waals surface area (Å²) in [4.78, 5) is 0. The van der Waals surface area contributed by atoms with Gasteiger partial charge in [0.2, 0.25) is 0 Å². The standard InChI is InChI=1S/C18H20/c1-14-12-15(2)18(16(3)13-14)11-7-10-17-8-5-4-6-9-17/h4-10,12-13H,11H2,1-3H3. The molecule has 0 aliphatic heterocycles. The molecule has 0 radical (unpaired) electrons. The average Bonchev–Trinajstić information content (AvgIpc) is 2.34. The van der Waals surface area contributed by atoms with Gasteiger partial charge in [-0.25, -0.2) is 0 Å². The van der Waals surface area contributed by atoms with Crippen LogP contribution in [0, 0.1) is 20.8 Å². The quantitative estimate of drug-likeness (QED) is 0.713. The third-order valence-electron chi connectivity index (χ3n) is 3.27. The van der Waals surface area contributed by atoms with Crippen LogP contribution < -0.4 is 0 Å². The fourth-order valence-electron chi connectivity index (χ4n) is 2.41. The molecule has 2 aromatic rings.